The molecule has 4 nitrogen and oxygen atoms in total. The van der Waals surface area contributed by atoms with Gasteiger partial charge in [-0.3, -0.25) is 4.79 Å². The molecule has 0 radical (unpaired) electrons. The van der Waals surface area contributed by atoms with E-state index in [2.05, 4.69) is 10.6 Å². The summed E-state index contributed by atoms with van der Waals surface area (Å²) in [6.07, 6.45) is 2.06. The molecule has 1 fully saturated rings. The molecule has 118 valence electrons. The van der Waals surface area contributed by atoms with E-state index in [-0.39, 0.29) is 30.3 Å². The highest BCUT2D eigenvalue weighted by Gasteiger charge is 2.20. The lowest BCUT2D eigenvalue weighted by Crippen LogP contribution is -2.37. The summed E-state index contributed by atoms with van der Waals surface area (Å²) in [7, 11) is 0. The van der Waals surface area contributed by atoms with Gasteiger partial charge in [-0.05, 0) is 57.5 Å². The fourth-order valence-corrected chi connectivity index (χ4v) is 2.38. The van der Waals surface area contributed by atoms with Crippen LogP contribution in [0, 0.1) is 5.92 Å². The first-order chi connectivity index (χ1) is 9.65. The summed E-state index contributed by atoms with van der Waals surface area (Å²) >= 11 is 0. The first-order valence-corrected chi connectivity index (χ1v) is 7.39. The predicted molar refractivity (Wildman–Crippen MR) is 86.9 cm³/mol. The Balaban J connectivity index is 0.00000220. The van der Waals surface area contributed by atoms with Gasteiger partial charge in [-0.15, -0.1) is 12.4 Å². The third-order valence-corrected chi connectivity index (χ3v) is 3.47. The third kappa shape index (κ3) is 5.94. The summed E-state index contributed by atoms with van der Waals surface area (Å²) in [5.74, 6) is 1.21. The van der Waals surface area contributed by atoms with Crippen molar-refractivity contribution >= 4 is 18.3 Å². The molecule has 0 unspecified atom stereocenters. The molecule has 5 heteroatoms. The van der Waals surface area contributed by atoms with E-state index in [4.69, 9.17) is 4.74 Å². The first kappa shape index (κ1) is 17.8. The maximum atomic E-state index is 12.0. The van der Waals surface area contributed by atoms with Gasteiger partial charge in [0.05, 0.1) is 6.10 Å². The van der Waals surface area contributed by atoms with Gasteiger partial charge in [0.1, 0.15) is 5.75 Å². The number of amides is 1. The molecular weight excluding hydrogens is 288 g/mol. The summed E-state index contributed by atoms with van der Waals surface area (Å²) in [5, 5.41) is 6.29. The first-order valence-electron chi connectivity index (χ1n) is 7.39. The zero-order valence-corrected chi connectivity index (χ0v) is 13.5. The second-order valence-electron chi connectivity index (χ2n) is 5.55. The van der Waals surface area contributed by atoms with Gasteiger partial charge in [-0.2, -0.15) is 0 Å². The van der Waals surface area contributed by atoms with Crippen LogP contribution in [0.15, 0.2) is 24.3 Å². The molecule has 0 atom stereocenters. The highest BCUT2D eigenvalue weighted by atomic mass is 35.5. The van der Waals surface area contributed by atoms with E-state index in [1.165, 1.54) is 0 Å². The summed E-state index contributed by atoms with van der Waals surface area (Å²) < 4.78 is 5.60. The normalized spacial score (nSPS) is 15.4. The zero-order chi connectivity index (χ0) is 14.4. The number of carbonyl (C=O) groups is 1. The van der Waals surface area contributed by atoms with E-state index in [1.807, 2.05) is 38.1 Å². The van der Waals surface area contributed by atoms with Gasteiger partial charge in [-0.1, -0.05) is 12.1 Å². The number of hydrogen-bond acceptors (Lipinski definition) is 3. The Kier molecular flexibility index (Phi) is 7.54. The summed E-state index contributed by atoms with van der Waals surface area (Å²) in [6, 6.07) is 7.90. The monoisotopic (exact) mass is 312 g/mol. The van der Waals surface area contributed by atoms with Crippen molar-refractivity contribution < 1.29 is 9.53 Å². The maximum absolute atomic E-state index is 12.0. The summed E-state index contributed by atoms with van der Waals surface area (Å²) in [6.45, 7) is 6.49. The van der Waals surface area contributed by atoms with E-state index >= 15 is 0 Å². The Morgan fingerprint density at radius 1 is 1.29 bits per heavy atom. The number of benzene rings is 1. The minimum absolute atomic E-state index is 0. The Morgan fingerprint density at radius 2 is 1.90 bits per heavy atom. The molecule has 1 aliphatic heterocycles. The van der Waals surface area contributed by atoms with Gasteiger partial charge >= 0.3 is 0 Å². The fourth-order valence-electron chi connectivity index (χ4n) is 2.38. The molecule has 0 aliphatic carbocycles. The standard InChI is InChI=1S/C16H24N2O2.ClH/c1-12(2)20-15-5-3-13(4-6-15)11-18-16(19)14-7-9-17-10-8-14;/h3-6,12,14,17H,7-11H2,1-2H3,(H,18,19);1H. The Labute approximate surface area is 133 Å². The highest BCUT2D eigenvalue weighted by Crippen LogP contribution is 2.15. The molecule has 0 saturated carbocycles. The second-order valence-corrected chi connectivity index (χ2v) is 5.55. The molecule has 0 bridgehead atoms. The average Bonchev–Trinajstić information content (AvgIpc) is 2.46. The van der Waals surface area contributed by atoms with Crippen molar-refractivity contribution in [2.75, 3.05) is 13.1 Å². The molecule has 1 saturated heterocycles. The van der Waals surface area contributed by atoms with Crippen molar-refractivity contribution in [1.82, 2.24) is 10.6 Å². The van der Waals surface area contributed by atoms with Crippen LogP contribution < -0.4 is 15.4 Å². The van der Waals surface area contributed by atoms with E-state index in [1.54, 1.807) is 0 Å². The van der Waals surface area contributed by atoms with Crippen molar-refractivity contribution in [2.24, 2.45) is 5.92 Å². The molecule has 1 aromatic carbocycles. The van der Waals surface area contributed by atoms with Crippen molar-refractivity contribution in [3.05, 3.63) is 29.8 Å². The molecule has 2 rings (SSSR count). The summed E-state index contributed by atoms with van der Waals surface area (Å²) in [4.78, 5) is 12.0. The van der Waals surface area contributed by atoms with Crippen LogP contribution in [0.25, 0.3) is 0 Å². The minimum Gasteiger partial charge on any atom is -0.491 e. The van der Waals surface area contributed by atoms with Crippen molar-refractivity contribution in [3.63, 3.8) is 0 Å². The van der Waals surface area contributed by atoms with Crippen molar-refractivity contribution in [3.8, 4) is 5.75 Å². The van der Waals surface area contributed by atoms with Crippen LogP contribution in [0.4, 0.5) is 0 Å². The van der Waals surface area contributed by atoms with Crippen LogP contribution in [0.3, 0.4) is 0 Å². The molecule has 2 N–H and O–H groups in total. The fraction of sp³-hybridized carbons (Fsp3) is 0.562. The maximum Gasteiger partial charge on any atom is 0.223 e. The van der Waals surface area contributed by atoms with Crippen LogP contribution in [0.1, 0.15) is 32.3 Å². The number of carbonyl (C=O) groups excluding carboxylic acids is 1. The topological polar surface area (TPSA) is 50.4 Å². The van der Waals surface area contributed by atoms with Crippen LogP contribution in [0.5, 0.6) is 5.75 Å². The number of ether oxygens (including phenoxy) is 1. The van der Waals surface area contributed by atoms with Crippen LogP contribution >= 0.6 is 12.4 Å². The number of nitrogens with one attached hydrogen (secondary N) is 2. The minimum atomic E-state index is 0. The lowest BCUT2D eigenvalue weighted by Gasteiger charge is -2.21. The number of halogens is 1. The zero-order valence-electron chi connectivity index (χ0n) is 12.7. The molecule has 0 aromatic heterocycles. The predicted octanol–water partition coefficient (Wildman–Crippen LogP) is 2.51. The molecule has 21 heavy (non-hydrogen) atoms. The Morgan fingerprint density at radius 3 is 2.48 bits per heavy atom. The average molecular weight is 313 g/mol. The Bertz CT molecular complexity index is 428. The van der Waals surface area contributed by atoms with Crippen molar-refractivity contribution in [1.29, 1.82) is 0 Å². The summed E-state index contributed by atoms with van der Waals surface area (Å²) in [5.41, 5.74) is 1.10. The van der Waals surface area contributed by atoms with Gasteiger partial charge in [0, 0.05) is 12.5 Å². The smallest absolute Gasteiger partial charge is 0.223 e. The van der Waals surface area contributed by atoms with Gasteiger partial charge in [-0.25, -0.2) is 0 Å². The second kappa shape index (κ2) is 8.90. The highest BCUT2D eigenvalue weighted by molar-refractivity contribution is 5.85. The number of hydrogen-bond donors (Lipinski definition) is 2. The molecular formula is C16H25ClN2O2. The van der Waals surface area contributed by atoms with Gasteiger partial charge < -0.3 is 15.4 Å². The van der Waals surface area contributed by atoms with Gasteiger partial charge in [0.25, 0.3) is 0 Å². The van der Waals surface area contributed by atoms with E-state index in [0.29, 0.717) is 6.54 Å². The lowest BCUT2D eigenvalue weighted by molar-refractivity contribution is -0.125. The van der Waals surface area contributed by atoms with Gasteiger partial charge in [0.15, 0.2) is 0 Å². The van der Waals surface area contributed by atoms with Crippen LogP contribution in [-0.2, 0) is 11.3 Å². The number of piperidine rings is 1. The molecule has 1 heterocycles. The largest absolute Gasteiger partial charge is 0.491 e. The van der Waals surface area contributed by atoms with E-state index in [0.717, 1.165) is 37.2 Å². The van der Waals surface area contributed by atoms with E-state index in [9.17, 15) is 4.79 Å². The van der Waals surface area contributed by atoms with Crippen LogP contribution in [-0.4, -0.2) is 25.1 Å². The van der Waals surface area contributed by atoms with Gasteiger partial charge in [0.2, 0.25) is 5.91 Å². The number of rotatable bonds is 5. The molecule has 1 amide bonds. The Hall–Kier alpha value is -1.26. The third-order valence-electron chi connectivity index (χ3n) is 3.47. The SMILES string of the molecule is CC(C)Oc1ccc(CNC(=O)C2CCNCC2)cc1.Cl. The molecule has 1 aromatic rings. The molecule has 1 aliphatic rings. The lowest BCUT2D eigenvalue weighted by atomic mass is 9.97. The molecule has 0 spiro atoms. The van der Waals surface area contributed by atoms with E-state index < -0.39 is 0 Å². The van der Waals surface area contributed by atoms with Crippen LogP contribution in [0.2, 0.25) is 0 Å². The van der Waals surface area contributed by atoms with Crippen molar-refractivity contribution in [2.45, 2.75) is 39.3 Å². The quantitative estimate of drug-likeness (QED) is 0.878.